The number of imide groups is 1. The van der Waals surface area contributed by atoms with Crippen molar-refractivity contribution in [3.05, 3.63) is 23.8 Å². The number of ketones is 2. The quantitative estimate of drug-likeness (QED) is 0.305. The number of hydrogen-bond acceptors (Lipinski definition) is 12. The fourth-order valence-electron chi connectivity index (χ4n) is 10.9. The van der Waals surface area contributed by atoms with Gasteiger partial charge in [0.05, 0.1) is 18.0 Å². The molecule has 2 N–H and O–H groups in total. The highest BCUT2D eigenvalue weighted by Gasteiger charge is 2.79. The molecule has 2 aliphatic heterocycles. The molecule has 5 aliphatic carbocycles. The second kappa shape index (κ2) is 14.4. The molecular formula is C40H53FN2O11S. The fraction of sp³-hybridized carbons (Fsp3) is 0.750. The number of ether oxygens (including phenoxy) is 3. The number of thioether (sulfide) groups is 1. The van der Waals surface area contributed by atoms with E-state index < -0.39 is 88.0 Å². The van der Waals surface area contributed by atoms with E-state index in [1.54, 1.807) is 33.8 Å². The van der Waals surface area contributed by atoms with E-state index in [-0.39, 0.29) is 48.3 Å². The smallest absolute Gasteiger partial charge is 0.408 e. The van der Waals surface area contributed by atoms with Gasteiger partial charge in [0, 0.05) is 41.3 Å². The average molecular weight is 789 g/mol. The van der Waals surface area contributed by atoms with Gasteiger partial charge in [-0.05, 0) is 84.3 Å². The number of fused-ring (bicyclic) bond motifs is 7. The van der Waals surface area contributed by atoms with Crippen LogP contribution in [-0.2, 0) is 43.0 Å². The summed E-state index contributed by atoms with van der Waals surface area (Å²) in [6.45, 7) is 8.61. The monoisotopic (exact) mass is 788 g/mol. The highest BCUT2D eigenvalue weighted by molar-refractivity contribution is 8.00. The lowest BCUT2D eigenvalue weighted by atomic mass is 9.44. The third kappa shape index (κ3) is 6.58. The first-order valence-corrected chi connectivity index (χ1v) is 20.8. The van der Waals surface area contributed by atoms with Crippen molar-refractivity contribution in [1.29, 1.82) is 0 Å². The number of nitrogens with one attached hydrogen (secondary N) is 1. The Morgan fingerprint density at radius 2 is 1.75 bits per heavy atom. The Labute approximate surface area is 324 Å². The lowest BCUT2D eigenvalue weighted by Crippen LogP contribution is -2.69. The number of halogens is 1. The van der Waals surface area contributed by atoms with Crippen LogP contribution in [0.3, 0.4) is 0 Å². The van der Waals surface area contributed by atoms with E-state index in [1.165, 1.54) is 12.2 Å². The van der Waals surface area contributed by atoms with Gasteiger partial charge < -0.3 is 29.5 Å². The van der Waals surface area contributed by atoms with Crippen LogP contribution < -0.4 is 5.32 Å². The van der Waals surface area contributed by atoms with Crippen LogP contribution in [-0.4, -0.2) is 98.5 Å². The van der Waals surface area contributed by atoms with E-state index >= 15 is 4.39 Å². The molecule has 6 fully saturated rings. The highest BCUT2D eigenvalue weighted by atomic mass is 32.2. The lowest BCUT2D eigenvalue weighted by Gasteiger charge is -2.62. The van der Waals surface area contributed by atoms with Gasteiger partial charge in [-0.3, -0.25) is 19.2 Å². The fourth-order valence-corrected chi connectivity index (χ4v) is 11.9. The maximum absolute atomic E-state index is 17.9. The second-order valence-corrected chi connectivity index (χ2v) is 18.9. The molecular weight excluding hydrogens is 736 g/mol. The zero-order valence-corrected chi connectivity index (χ0v) is 33.0. The third-order valence-electron chi connectivity index (χ3n) is 13.5. The first-order chi connectivity index (χ1) is 25.8. The number of alkyl halides is 1. The normalized spacial score (nSPS) is 39.1. The molecule has 7 aliphatic rings. The predicted molar refractivity (Wildman–Crippen MR) is 195 cm³/mol. The van der Waals surface area contributed by atoms with Gasteiger partial charge in [0.15, 0.2) is 29.1 Å². The Kier molecular flexibility index (Phi) is 10.5. The number of rotatable bonds is 9. The number of aliphatic hydroxyl groups excluding tert-OH is 1. The van der Waals surface area contributed by atoms with Crippen molar-refractivity contribution in [2.75, 3.05) is 11.5 Å². The number of carbonyl (C=O) groups is 6. The summed E-state index contributed by atoms with van der Waals surface area (Å²) >= 11 is 1.03. The number of aliphatic hydroxyl groups is 1. The van der Waals surface area contributed by atoms with Gasteiger partial charge >= 0.3 is 12.1 Å². The summed E-state index contributed by atoms with van der Waals surface area (Å²) in [5, 5.41) is 14.9. The SMILES string of the molecule is CC(C)(C)OC(=O)NC(CSCC(=O)[C@@]12O[C@H](C3CCCCC3)O[C@@H]1C[C@H]1[C@@H]3CCC4=CC(=O)C=C[C@]4(C)[C@@]3(F)[C@@H](O)C[C@@]12C)C(=O)ON1C(=O)CCC1=O. The largest absolute Gasteiger partial charge is 0.444 e. The molecule has 2 heterocycles. The van der Waals surface area contributed by atoms with E-state index in [4.69, 9.17) is 19.0 Å². The Balaban J connectivity index is 1.15. The number of hydroxylamine groups is 2. The minimum absolute atomic E-state index is 0.0734. The molecule has 302 valence electrons. The minimum atomic E-state index is -2.10. The predicted octanol–water partition coefficient (Wildman–Crippen LogP) is 4.83. The van der Waals surface area contributed by atoms with Crippen molar-refractivity contribution in [1.82, 2.24) is 10.4 Å². The van der Waals surface area contributed by atoms with Gasteiger partial charge in [0.1, 0.15) is 11.6 Å². The summed E-state index contributed by atoms with van der Waals surface area (Å²) in [5.74, 6) is -4.34. The van der Waals surface area contributed by atoms with Gasteiger partial charge in [-0.2, -0.15) is 11.8 Å². The summed E-state index contributed by atoms with van der Waals surface area (Å²) in [4.78, 5) is 83.0. The lowest BCUT2D eigenvalue weighted by molar-refractivity contribution is -0.234. The number of Topliss-reactive ketones (excluding diaryl/α,β-unsaturated/α-hetero) is 1. The molecule has 15 heteroatoms. The number of allylic oxidation sites excluding steroid dienone is 4. The zero-order chi connectivity index (χ0) is 39.7. The Hall–Kier alpha value is -3.14. The van der Waals surface area contributed by atoms with E-state index in [9.17, 15) is 33.9 Å². The molecule has 10 atom stereocenters. The van der Waals surface area contributed by atoms with Gasteiger partial charge in [-0.25, -0.2) is 14.0 Å². The maximum Gasteiger partial charge on any atom is 0.408 e. The molecule has 55 heavy (non-hydrogen) atoms. The molecule has 2 saturated heterocycles. The number of carbonyl (C=O) groups excluding carboxylic acids is 6. The first-order valence-electron chi connectivity index (χ1n) is 19.7. The number of alkyl carbamates (subject to hydrolysis) is 1. The average Bonchev–Trinajstić information content (AvgIpc) is 3.74. The molecule has 7 rings (SSSR count). The minimum Gasteiger partial charge on any atom is -0.444 e. The van der Waals surface area contributed by atoms with Crippen molar-refractivity contribution in [2.45, 2.75) is 147 Å². The third-order valence-corrected chi connectivity index (χ3v) is 14.6. The Bertz CT molecular complexity index is 1690. The van der Waals surface area contributed by atoms with E-state index in [0.717, 1.165) is 43.9 Å². The van der Waals surface area contributed by atoms with Crippen LogP contribution in [0.2, 0.25) is 0 Å². The summed E-state index contributed by atoms with van der Waals surface area (Å²) in [5.41, 5.74) is -6.10. The van der Waals surface area contributed by atoms with Gasteiger partial charge in [0.25, 0.3) is 11.8 Å². The molecule has 0 aromatic rings. The topological polar surface area (TPSA) is 175 Å². The number of hydrogen-bond donors (Lipinski definition) is 2. The Morgan fingerprint density at radius 3 is 2.42 bits per heavy atom. The first kappa shape index (κ1) is 40.1. The van der Waals surface area contributed by atoms with Crippen LogP contribution in [0.5, 0.6) is 0 Å². The highest BCUT2D eigenvalue weighted by Crippen LogP contribution is 2.72. The molecule has 13 nitrogen and oxygen atoms in total. The number of nitrogens with zero attached hydrogens (tertiary/aromatic N) is 1. The molecule has 0 aromatic heterocycles. The zero-order valence-electron chi connectivity index (χ0n) is 32.2. The maximum atomic E-state index is 17.9. The molecule has 0 bridgehead atoms. The van der Waals surface area contributed by atoms with Gasteiger partial charge in [-0.1, -0.05) is 37.8 Å². The molecule has 1 unspecified atom stereocenters. The second-order valence-electron chi connectivity index (χ2n) is 17.9. The van der Waals surface area contributed by atoms with Crippen LogP contribution in [0.25, 0.3) is 0 Å². The van der Waals surface area contributed by atoms with Crippen LogP contribution >= 0.6 is 11.8 Å². The summed E-state index contributed by atoms with van der Waals surface area (Å²) in [6, 6.07) is -1.41. The molecule has 0 radical (unpaired) electrons. The Morgan fingerprint density at radius 1 is 1.05 bits per heavy atom. The summed E-state index contributed by atoms with van der Waals surface area (Å²) < 4.78 is 36.9. The molecule has 0 aromatic carbocycles. The van der Waals surface area contributed by atoms with Gasteiger partial charge in [-0.15, -0.1) is 5.06 Å². The molecule has 3 amide bonds. The van der Waals surface area contributed by atoms with Crippen molar-refractivity contribution < 1.29 is 57.3 Å². The summed E-state index contributed by atoms with van der Waals surface area (Å²) in [6.07, 6.45) is 6.52. The summed E-state index contributed by atoms with van der Waals surface area (Å²) in [7, 11) is 0. The van der Waals surface area contributed by atoms with Crippen molar-refractivity contribution in [3.63, 3.8) is 0 Å². The van der Waals surface area contributed by atoms with Crippen molar-refractivity contribution in [2.24, 2.45) is 28.6 Å². The van der Waals surface area contributed by atoms with Crippen LogP contribution in [0, 0.1) is 28.6 Å². The van der Waals surface area contributed by atoms with E-state index in [2.05, 4.69) is 5.32 Å². The molecule has 0 spiro atoms. The molecule has 4 saturated carbocycles. The van der Waals surface area contributed by atoms with Crippen molar-refractivity contribution >= 4 is 47.2 Å². The van der Waals surface area contributed by atoms with Crippen LogP contribution in [0.1, 0.15) is 105 Å². The number of amides is 3. The van der Waals surface area contributed by atoms with E-state index in [0.29, 0.717) is 29.9 Å². The van der Waals surface area contributed by atoms with Crippen LogP contribution in [0.15, 0.2) is 23.8 Å². The van der Waals surface area contributed by atoms with E-state index in [1.807, 2.05) is 6.92 Å². The van der Waals surface area contributed by atoms with Crippen LogP contribution in [0.4, 0.5) is 9.18 Å². The standard InChI is InChI=1S/C40H53FN2O11S/c1-36(2,3)53-35(50)42-27(33(49)54-43-31(47)13-14-32(43)48)20-55-21-29(46)40-30(51-34(52-40)22-9-7-6-8-10-22)18-26-25-12-11-23-17-24(44)15-16-37(23,4)39(25,41)28(45)19-38(26,40)5/h15-17,22,25-28,30,34,45H,6-14,18-21H2,1-5H3,(H,42,50)/t25-,26-,27?,28-,30+,34+,37-,38-,39-,40+/m0/s1. The van der Waals surface area contributed by atoms with Crippen molar-refractivity contribution in [3.8, 4) is 0 Å². The van der Waals surface area contributed by atoms with Gasteiger partial charge in [0.2, 0.25) is 0 Å².